The molecule has 0 aromatic carbocycles. The highest BCUT2D eigenvalue weighted by atomic mass is 19.1. The Morgan fingerprint density at radius 1 is 1.57 bits per heavy atom. The molecule has 1 fully saturated rings. The van der Waals surface area contributed by atoms with Gasteiger partial charge in [-0.15, -0.1) is 0 Å². The smallest absolute Gasteiger partial charge is 0.214 e. The van der Waals surface area contributed by atoms with E-state index in [1.165, 1.54) is 11.1 Å². The largest absolute Gasteiger partial charge is 0.330 e. The van der Waals surface area contributed by atoms with Crippen molar-refractivity contribution < 1.29 is 4.39 Å². The van der Waals surface area contributed by atoms with Crippen LogP contribution in [-0.2, 0) is 6.42 Å². The van der Waals surface area contributed by atoms with Crippen LogP contribution in [0.3, 0.4) is 0 Å². The van der Waals surface area contributed by atoms with Crippen molar-refractivity contribution in [3.05, 3.63) is 17.7 Å². The summed E-state index contributed by atoms with van der Waals surface area (Å²) < 4.78 is 15.2. The third kappa shape index (κ3) is 1.66. The number of aromatic nitrogens is 2. The van der Waals surface area contributed by atoms with Crippen LogP contribution in [0.1, 0.15) is 37.3 Å². The fourth-order valence-electron chi connectivity index (χ4n) is 1.73. The van der Waals surface area contributed by atoms with Gasteiger partial charge in [0.05, 0.1) is 12.2 Å². The van der Waals surface area contributed by atoms with Gasteiger partial charge < -0.3 is 5.73 Å². The van der Waals surface area contributed by atoms with Gasteiger partial charge in [-0.2, -0.15) is 9.49 Å². The molecule has 0 amide bonds. The second-order valence-corrected chi connectivity index (χ2v) is 3.88. The van der Waals surface area contributed by atoms with E-state index in [0.29, 0.717) is 24.6 Å². The maximum Gasteiger partial charge on any atom is 0.214 e. The van der Waals surface area contributed by atoms with Crippen molar-refractivity contribution >= 4 is 0 Å². The summed E-state index contributed by atoms with van der Waals surface area (Å²) in [6.07, 6.45) is 6.50. The summed E-state index contributed by atoms with van der Waals surface area (Å²) in [6.45, 7) is 0.605. The lowest BCUT2D eigenvalue weighted by Gasteiger charge is -2.25. The molecule has 0 radical (unpaired) electrons. The van der Waals surface area contributed by atoms with Crippen molar-refractivity contribution in [3.63, 3.8) is 0 Å². The molecule has 0 atom stereocenters. The second kappa shape index (κ2) is 4.09. The summed E-state index contributed by atoms with van der Waals surface area (Å²) in [7, 11) is 0. The Morgan fingerprint density at radius 2 is 2.36 bits per heavy atom. The summed E-state index contributed by atoms with van der Waals surface area (Å²) >= 11 is 0. The van der Waals surface area contributed by atoms with Gasteiger partial charge in [0.2, 0.25) is 5.95 Å². The number of aryl methyl sites for hydroxylation is 1. The summed E-state index contributed by atoms with van der Waals surface area (Å²) in [5, 5.41) is 4.09. The number of nitrogens with two attached hydrogens (primary N) is 1. The third-order valence-corrected chi connectivity index (χ3v) is 2.87. The van der Waals surface area contributed by atoms with Crippen molar-refractivity contribution in [2.24, 2.45) is 5.73 Å². The lowest BCUT2D eigenvalue weighted by Crippen LogP contribution is -2.19. The molecule has 1 saturated carbocycles. The molecule has 3 nitrogen and oxygen atoms in total. The Kier molecular flexibility index (Phi) is 2.82. The first-order chi connectivity index (χ1) is 6.83. The average Bonchev–Trinajstić information content (AvgIpc) is 2.43. The van der Waals surface area contributed by atoms with Gasteiger partial charge in [-0.25, -0.2) is 4.68 Å². The number of hydrogen-bond acceptors (Lipinski definition) is 2. The minimum atomic E-state index is -0.150. The Morgan fingerprint density at radius 3 is 2.93 bits per heavy atom. The molecule has 0 spiro atoms. The topological polar surface area (TPSA) is 43.8 Å². The number of nitrogens with zero attached hydrogens (tertiary/aromatic N) is 2. The molecule has 78 valence electrons. The van der Waals surface area contributed by atoms with Crippen molar-refractivity contribution in [1.82, 2.24) is 9.78 Å². The lowest BCUT2D eigenvalue weighted by molar-refractivity contribution is 0.255. The molecule has 4 heteroatoms. The summed E-state index contributed by atoms with van der Waals surface area (Å²) in [4.78, 5) is 0. The monoisotopic (exact) mass is 197 g/mol. The molecule has 1 aliphatic rings. The van der Waals surface area contributed by atoms with Crippen molar-refractivity contribution in [2.75, 3.05) is 6.54 Å². The van der Waals surface area contributed by atoms with Crippen LogP contribution in [0, 0.1) is 5.95 Å². The zero-order valence-corrected chi connectivity index (χ0v) is 8.25. The second-order valence-electron chi connectivity index (χ2n) is 3.88. The third-order valence-electron chi connectivity index (χ3n) is 2.87. The molecule has 2 N–H and O–H groups in total. The molecule has 2 rings (SSSR count). The van der Waals surface area contributed by atoms with Gasteiger partial charge in [-0.3, -0.25) is 0 Å². The molecule has 1 aromatic heterocycles. The summed E-state index contributed by atoms with van der Waals surface area (Å²) in [5.74, 6) is -0.150. The Balaban J connectivity index is 2.06. The van der Waals surface area contributed by atoms with E-state index in [9.17, 15) is 4.39 Å². The molecule has 0 bridgehead atoms. The van der Waals surface area contributed by atoms with Gasteiger partial charge in [-0.1, -0.05) is 0 Å². The van der Waals surface area contributed by atoms with E-state index in [1.807, 2.05) is 0 Å². The molecule has 1 aromatic rings. The molecule has 1 aliphatic carbocycles. The Hall–Kier alpha value is -0.900. The highest BCUT2D eigenvalue weighted by molar-refractivity contribution is 5.08. The van der Waals surface area contributed by atoms with E-state index in [2.05, 4.69) is 5.10 Å². The van der Waals surface area contributed by atoms with E-state index in [4.69, 9.17) is 5.73 Å². The van der Waals surface area contributed by atoms with Gasteiger partial charge >= 0.3 is 0 Å². The SMILES string of the molecule is NCCCc1cnn(C2CCC2)c1F. The Bertz CT molecular complexity index is 304. The summed E-state index contributed by atoms with van der Waals surface area (Å²) in [6, 6.07) is 0.307. The normalized spacial score (nSPS) is 17.0. The van der Waals surface area contributed by atoms with Crippen molar-refractivity contribution in [3.8, 4) is 0 Å². The quantitative estimate of drug-likeness (QED) is 0.797. The molecule has 0 saturated heterocycles. The predicted octanol–water partition coefficient (Wildman–Crippen LogP) is 1.64. The first kappa shape index (κ1) is 9.65. The van der Waals surface area contributed by atoms with E-state index in [0.717, 1.165) is 19.3 Å². The van der Waals surface area contributed by atoms with Crippen LogP contribution in [0.4, 0.5) is 4.39 Å². The molecule has 14 heavy (non-hydrogen) atoms. The van der Waals surface area contributed by atoms with Crippen LogP contribution in [-0.4, -0.2) is 16.3 Å². The van der Waals surface area contributed by atoms with Crippen LogP contribution in [0.2, 0.25) is 0 Å². The predicted molar refractivity (Wildman–Crippen MR) is 52.4 cm³/mol. The maximum absolute atomic E-state index is 13.7. The van der Waals surface area contributed by atoms with Gasteiger partial charge in [-0.05, 0) is 38.6 Å². The highest BCUT2D eigenvalue weighted by Crippen LogP contribution is 2.32. The van der Waals surface area contributed by atoms with Crippen LogP contribution in [0.25, 0.3) is 0 Å². The van der Waals surface area contributed by atoms with Crippen LogP contribution in [0.15, 0.2) is 6.20 Å². The van der Waals surface area contributed by atoms with E-state index >= 15 is 0 Å². The van der Waals surface area contributed by atoms with Gasteiger partial charge in [0, 0.05) is 5.56 Å². The van der Waals surface area contributed by atoms with Crippen LogP contribution >= 0.6 is 0 Å². The fourth-order valence-corrected chi connectivity index (χ4v) is 1.73. The first-order valence-corrected chi connectivity index (χ1v) is 5.25. The number of rotatable bonds is 4. The van der Waals surface area contributed by atoms with Gasteiger partial charge in [0.15, 0.2) is 0 Å². The Labute approximate surface area is 83.1 Å². The van der Waals surface area contributed by atoms with E-state index in [-0.39, 0.29) is 5.95 Å². The van der Waals surface area contributed by atoms with E-state index in [1.54, 1.807) is 6.20 Å². The van der Waals surface area contributed by atoms with Crippen molar-refractivity contribution in [2.45, 2.75) is 38.1 Å². The summed E-state index contributed by atoms with van der Waals surface area (Å²) in [5.41, 5.74) is 6.09. The molecule has 1 heterocycles. The minimum Gasteiger partial charge on any atom is -0.330 e. The fraction of sp³-hybridized carbons (Fsp3) is 0.700. The first-order valence-electron chi connectivity index (χ1n) is 5.25. The maximum atomic E-state index is 13.7. The van der Waals surface area contributed by atoms with E-state index < -0.39 is 0 Å². The minimum absolute atomic E-state index is 0.150. The molecular weight excluding hydrogens is 181 g/mol. The average molecular weight is 197 g/mol. The molecular formula is C10H16FN3. The lowest BCUT2D eigenvalue weighted by atomic mass is 9.93. The zero-order chi connectivity index (χ0) is 9.97. The molecule has 0 aliphatic heterocycles. The van der Waals surface area contributed by atoms with Gasteiger partial charge in [0.25, 0.3) is 0 Å². The van der Waals surface area contributed by atoms with Crippen LogP contribution < -0.4 is 5.73 Å². The standard InChI is InChI=1S/C10H16FN3/c11-10-8(3-2-6-12)7-13-14(10)9-4-1-5-9/h7,9H,1-6,12H2. The number of hydrogen-bond donors (Lipinski definition) is 1. The zero-order valence-electron chi connectivity index (χ0n) is 8.25. The van der Waals surface area contributed by atoms with Crippen molar-refractivity contribution in [1.29, 1.82) is 0 Å². The highest BCUT2D eigenvalue weighted by Gasteiger charge is 2.23. The van der Waals surface area contributed by atoms with Crippen LogP contribution in [0.5, 0.6) is 0 Å². The number of halogens is 1. The van der Waals surface area contributed by atoms with Gasteiger partial charge in [0.1, 0.15) is 0 Å². The molecule has 0 unspecified atom stereocenters.